The lowest BCUT2D eigenvalue weighted by Crippen LogP contribution is -2.61. The second kappa shape index (κ2) is 25.8. The first-order chi connectivity index (χ1) is 41.8. The third kappa shape index (κ3) is 13.5. The van der Waals surface area contributed by atoms with Crippen LogP contribution in [0.1, 0.15) is 158 Å². The number of piperazine rings is 2. The van der Waals surface area contributed by atoms with E-state index in [2.05, 4.69) is 50.3 Å². The number of likely N-dealkylation sites (tertiary alicyclic amines) is 2. The van der Waals surface area contributed by atoms with Crippen molar-refractivity contribution in [2.75, 3.05) is 77.0 Å². The van der Waals surface area contributed by atoms with Crippen LogP contribution >= 0.6 is 11.8 Å². The van der Waals surface area contributed by atoms with Crippen molar-refractivity contribution in [1.29, 1.82) is 0 Å². The Morgan fingerprint density at radius 1 is 0.621 bits per heavy atom. The number of ether oxygens (including phenoxy) is 1. The van der Waals surface area contributed by atoms with Crippen LogP contribution < -0.4 is 21.3 Å². The summed E-state index contributed by atoms with van der Waals surface area (Å²) < 4.78 is 9.59. The minimum absolute atomic E-state index is 0.0256. The van der Waals surface area contributed by atoms with E-state index in [1.54, 1.807) is 124 Å². The molecule has 6 fully saturated rings. The summed E-state index contributed by atoms with van der Waals surface area (Å²) in [4.78, 5) is 115. The van der Waals surface area contributed by atoms with Crippen LogP contribution in [0.2, 0.25) is 0 Å². The number of anilines is 4. The fraction of sp³-hybridized carbons (Fsp3) is 0.548. The van der Waals surface area contributed by atoms with Gasteiger partial charge >= 0.3 is 6.09 Å². The summed E-state index contributed by atoms with van der Waals surface area (Å²) >= 11 is 1.62. The van der Waals surface area contributed by atoms with E-state index in [0.29, 0.717) is 89.0 Å². The van der Waals surface area contributed by atoms with Crippen LogP contribution in [0.4, 0.5) is 28.3 Å². The summed E-state index contributed by atoms with van der Waals surface area (Å²) in [6.07, 6.45) is 20.9. The van der Waals surface area contributed by atoms with Gasteiger partial charge in [0.2, 0.25) is 17.8 Å². The molecule has 4 saturated heterocycles. The summed E-state index contributed by atoms with van der Waals surface area (Å²) in [5, 5.41) is 14.3. The van der Waals surface area contributed by atoms with Gasteiger partial charge in [-0.25, -0.2) is 24.7 Å². The van der Waals surface area contributed by atoms with Gasteiger partial charge in [-0.1, -0.05) is 25.7 Å². The molecule has 0 aromatic carbocycles. The molecule has 6 amide bonds. The average Bonchev–Trinajstić information content (AvgIpc) is 1.84. The number of amides is 6. The standard InChI is InChI=1S/C36H49N9O5S.C26H32N8O2/c1-36(2,3)50-35(49)39-27(15-16-51-6)32(47)44-25-12-13-26(44)21-43(20-25)31(46)22-11-14-29(37-18-22)40-34-38-19-23-17-28(33(48)42(4)5)45(30(23)41-34)24-9-7-8-10-24;1-32(2)25(36)21-11-17-13-28-26(31-23(17)34(21)20-5-3-4-6-20)30-22-10-7-16(12-27-22)24(35)33-14-18-8-9-19(15-33)29-18/h11,14,17-19,24-27H,7-10,12-13,15-16,20-21H2,1-6H3,(H,39,49)(H,37,38,40,41);7,10-13,18-20,29H,3-6,8-9,14-15H2,1-2H3,(H,27,28,30,31)/t25?,26?,27-;/m1./s1. The molecule has 5 atom stereocenters. The highest BCUT2D eigenvalue weighted by atomic mass is 32.2. The Morgan fingerprint density at radius 3 is 1.49 bits per heavy atom. The largest absolute Gasteiger partial charge is 0.444 e. The summed E-state index contributed by atoms with van der Waals surface area (Å²) in [7, 11) is 7.04. The molecule has 24 nitrogen and oxygen atoms in total. The Bertz CT molecular complexity index is 3490. The Hall–Kier alpha value is -7.93. The van der Waals surface area contributed by atoms with Gasteiger partial charge in [-0.05, 0) is 127 Å². The maximum atomic E-state index is 13.8. The van der Waals surface area contributed by atoms with Gasteiger partial charge in [-0.2, -0.15) is 21.7 Å². The maximum Gasteiger partial charge on any atom is 0.408 e. The summed E-state index contributed by atoms with van der Waals surface area (Å²) in [5.74, 6) is 2.18. The van der Waals surface area contributed by atoms with Crippen molar-refractivity contribution in [2.45, 2.75) is 152 Å². The first-order valence-electron chi connectivity index (χ1n) is 30.6. The monoisotopic (exact) mass is 1210 g/mol. The first kappa shape index (κ1) is 60.7. The molecule has 6 aliphatic rings. The van der Waals surface area contributed by atoms with E-state index in [9.17, 15) is 28.8 Å². The third-order valence-corrected chi connectivity index (χ3v) is 18.1. The van der Waals surface area contributed by atoms with Gasteiger partial charge in [0, 0.05) is 126 Å². The number of aromatic nitrogens is 8. The van der Waals surface area contributed by atoms with Crippen LogP contribution in [0.15, 0.2) is 61.2 Å². The lowest BCUT2D eigenvalue weighted by atomic mass is 10.1. The topological polar surface area (TPSA) is 263 Å². The molecule has 0 spiro atoms. The van der Waals surface area contributed by atoms with Gasteiger partial charge in [-0.15, -0.1) is 0 Å². The quantitative estimate of drug-likeness (QED) is 0.0764. The van der Waals surface area contributed by atoms with Crippen molar-refractivity contribution in [3.05, 3.63) is 83.7 Å². The van der Waals surface area contributed by atoms with Gasteiger partial charge < -0.3 is 59.6 Å². The zero-order chi connectivity index (χ0) is 61.3. The van der Waals surface area contributed by atoms with E-state index in [1.807, 2.05) is 28.2 Å². The fourth-order valence-corrected chi connectivity index (χ4v) is 13.8. The van der Waals surface area contributed by atoms with Gasteiger partial charge in [0.05, 0.1) is 11.1 Å². The van der Waals surface area contributed by atoms with Crippen LogP contribution in [-0.4, -0.2) is 201 Å². The highest BCUT2D eigenvalue weighted by molar-refractivity contribution is 7.98. The number of hydrogen-bond acceptors (Lipinski definition) is 17. The molecule has 462 valence electrons. The van der Waals surface area contributed by atoms with E-state index in [4.69, 9.17) is 14.7 Å². The molecule has 87 heavy (non-hydrogen) atoms. The second-order valence-corrected chi connectivity index (χ2v) is 26.3. The average molecular weight is 1210 g/mol. The summed E-state index contributed by atoms with van der Waals surface area (Å²) in [5.41, 5.74) is 3.08. The SMILES string of the molecule is CN(C)C(=O)c1cc2cnc(Nc3ccc(C(=O)N4CC5CCC(C4)N5)cn3)nc2n1C1CCCC1.CSCC[C@@H](NC(=O)OC(C)(C)C)C(=O)N1C2CCC1CN(C(=O)c1ccc(Nc3ncc4cc(C(=O)N(C)C)n(C5CCCC5)c4n3)nc1)C2. The van der Waals surface area contributed by atoms with Crippen LogP contribution in [0.5, 0.6) is 0 Å². The van der Waals surface area contributed by atoms with Gasteiger partial charge in [0.25, 0.3) is 23.6 Å². The van der Waals surface area contributed by atoms with E-state index < -0.39 is 17.7 Å². The van der Waals surface area contributed by atoms with E-state index in [-0.39, 0.29) is 53.7 Å². The Labute approximate surface area is 511 Å². The summed E-state index contributed by atoms with van der Waals surface area (Å²) in [6, 6.07) is 11.1. The minimum atomic E-state index is -0.693. The normalized spacial score (nSPS) is 20.5. The molecule has 2 aliphatic carbocycles. The lowest BCUT2D eigenvalue weighted by Gasteiger charge is -2.42. The number of thioether (sulfide) groups is 1. The molecule has 6 aromatic rings. The number of pyridine rings is 2. The molecule has 4 N–H and O–H groups in total. The molecule has 25 heteroatoms. The van der Waals surface area contributed by atoms with Crippen molar-refractivity contribution in [2.24, 2.45) is 0 Å². The van der Waals surface area contributed by atoms with Gasteiger partial charge in [-0.3, -0.25) is 24.0 Å². The van der Waals surface area contributed by atoms with E-state index in [0.717, 1.165) is 107 Å². The third-order valence-electron chi connectivity index (χ3n) is 17.4. The number of hydrogen-bond donors (Lipinski definition) is 4. The molecule has 0 radical (unpaired) electrons. The molecule has 6 aromatic heterocycles. The molecule has 4 bridgehead atoms. The molecule has 4 aliphatic heterocycles. The number of carbonyl (C=O) groups is 6. The van der Waals surface area contributed by atoms with Crippen molar-refractivity contribution in [1.82, 2.24) is 74.2 Å². The predicted molar refractivity (Wildman–Crippen MR) is 333 cm³/mol. The Morgan fingerprint density at radius 2 is 1.08 bits per heavy atom. The first-order valence-corrected chi connectivity index (χ1v) is 32.0. The second-order valence-electron chi connectivity index (χ2n) is 25.3. The zero-order valence-corrected chi connectivity index (χ0v) is 51.9. The van der Waals surface area contributed by atoms with Crippen molar-refractivity contribution >= 4 is 93.0 Å². The number of fused-ring (bicyclic) bond motifs is 6. The van der Waals surface area contributed by atoms with Crippen molar-refractivity contribution < 1.29 is 33.5 Å². The molecule has 2 saturated carbocycles. The molecular weight excluding hydrogens is 1130 g/mol. The molecule has 4 unspecified atom stereocenters. The Kier molecular flexibility index (Phi) is 18.0. The van der Waals surface area contributed by atoms with Crippen LogP contribution in [0.25, 0.3) is 22.1 Å². The fourth-order valence-electron chi connectivity index (χ4n) is 13.3. The number of alkyl carbamates (subject to hydrolysis) is 1. The van der Waals surface area contributed by atoms with Crippen molar-refractivity contribution in [3.8, 4) is 0 Å². The molecular formula is C62H81N17O7S. The maximum absolute atomic E-state index is 13.8. The van der Waals surface area contributed by atoms with Gasteiger partial charge in [0.1, 0.15) is 46.0 Å². The smallest absolute Gasteiger partial charge is 0.408 e. The minimum Gasteiger partial charge on any atom is -0.444 e. The van der Waals surface area contributed by atoms with Crippen LogP contribution in [0.3, 0.4) is 0 Å². The van der Waals surface area contributed by atoms with E-state index in [1.165, 1.54) is 0 Å². The van der Waals surface area contributed by atoms with E-state index >= 15 is 0 Å². The zero-order valence-electron chi connectivity index (χ0n) is 51.1. The summed E-state index contributed by atoms with van der Waals surface area (Å²) in [6.45, 7) is 7.70. The van der Waals surface area contributed by atoms with Crippen LogP contribution in [0, 0.1) is 0 Å². The number of nitrogens with one attached hydrogen (secondary N) is 4. The van der Waals surface area contributed by atoms with Crippen molar-refractivity contribution in [3.63, 3.8) is 0 Å². The lowest BCUT2D eigenvalue weighted by molar-refractivity contribution is -0.138. The highest BCUT2D eigenvalue weighted by Crippen LogP contribution is 2.38. The highest BCUT2D eigenvalue weighted by Gasteiger charge is 2.46. The number of nitrogens with zero attached hydrogens (tertiary/aromatic N) is 13. The molecule has 10 heterocycles. The number of rotatable bonds is 15. The number of carbonyl (C=O) groups excluding carboxylic acids is 6. The molecule has 12 rings (SSSR count). The Balaban J connectivity index is 0.000000191. The van der Waals surface area contributed by atoms with Gasteiger partial charge in [0.15, 0.2) is 0 Å². The predicted octanol–water partition coefficient (Wildman–Crippen LogP) is 7.81. The van der Waals surface area contributed by atoms with Crippen LogP contribution in [-0.2, 0) is 9.53 Å².